The molecule has 5 rings (SSSR count). The van der Waals surface area contributed by atoms with Gasteiger partial charge in [0.05, 0.1) is 10.9 Å². The van der Waals surface area contributed by atoms with Gasteiger partial charge in [-0.25, -0.2) is 4.98 Å². The van der Waals surface area contributed by atoms with E-state index >= 15 is 0 Å². The van der Waals surface area contributed by atoms with Gasteiger partial charge in [-0.15, -0.1) is 0 Å². The minimum atomic E-state index is -0.496. The van der Waals surface area contributed by atoms with E-state index in [0.717, 1.165) is 42.3 Å². The number of amides is 1. The van der Waals surface area contributed by atoms with E-state index in [0.29, 0.717) is 22.6 Å². The predicted octanol–water partition coefficient (Wildman–Crippen LogP) is 5.15. The predicted molar refractivity (Wildman–Crippen MR) is 148 cm³/mol. The maximum Gasteiger partial charge on any atom is 0.290 e. The van der Waals surface area contributed by atoms with Crippen molar-refractivity contribution in [3.8, 4) is 0 Å². The van der Waals surface area contributed by atoms with E-state index in [4.69, 9.17) is 14.9 Å². The third-order valence-electron chi connectivity index (χ3n) is 5.96. The summed E-state index contributed by atoms with van der Waals surface area (Å²) in [5.74, 6) is 0.0519. The molecule has 0 spiro atoms. The summed E-state index contributed by atoms with van der Waals surface area (Å²) in [6.07, 6.45) is 5.48. The molecule has 3 heterocycles. The molecule has 194 valence electrons. The van der Waals surface area contributed by atoms with Crippen LogP contribution in [0.3, 0.4) is 0 Å². The number of carbonyl (C=O) groups excluding carboxylic acids is 1. The summed E-state index contributed by atoms with van der Waals surface area (Å²) in [7, 11) is 0. The molecule has 1 saturated heterocycles. The van der Waals surface area contributed by atoms with Crippen molar-refractivity contribution in [3.05, 3.63) is 76.8 Å². The van der Waals surface area contributed by atoms with Gasteiger partial charge < -0.3 is 10.0 Å². The van der Waals surface area contributed by atoms with Crippen molar-refractivity contribution in [2.75, 3.05) is 13.1 Å². The van der Waals surface area contributed by atoms with Crippen LogP contribution in [0.15, 0.2) is 70.9 Å². The number of carbonyl (C=O) groups is 2. The second-order valence-corrected chi connectivity index (χ2v) is 9.15. The number of thioether (sulfide) groups is 1. The van der Waals surface area contributed by atoms with Crippen molar-refractivity contribution in [2.24, 2.45) is 0 Å². The van der Waals surface area contributed by atoms with Gasteiger partial charge in [-0.1, -0.05) is 55.9 Å². The number of hydrogen-bond donors (Lipinski definition) is 1. The highest BCUT2D eigenvalue weighted by Gasteiger charge is 2.30. The Labute approximate surface area is 220 Å². The second-order valence-electron chi connectivity index (χ2n) is 8.08. The largest absolute Gasteiger partial charge is 0.483 e. The van der Waals surface area contributed by atoms with Gasteiger partial charge in [0.25, 0.3) is 12.0 Å². The van der Waals surface area contributed by atoms with Crippen molar-refractivity contribution in [2.45, 2.75) is 50.6 Å². The second kappa shape index (κ2) is 13.5. The summed E-state index contributed by atoms with van der Waals surface area (Å²) < 4.78 is 1.67. The van der Waals surface area contributed by atoms with Crippen LogP contribution in [-0.4, -0.2) is 50.0 Å². The molecular weight excluding hydrogens is 488 g/mol. The van der Waals surface area contributed by atoms with Crippen LogP contribution in [0, 0.1) is 0 Å². The van der Waals surface area contributed by atoms with Crippen molar-refractivity contribution in [3.63, 3.8) is 0 Å². The summed E-state index contributed by atoms with van der Waals surface area (Å²) in [5, 5.41) is 9.60. The molecule has 1 atom stereocenters. The molecule has 37 heavy (non-hydrogen) atoms. The third-order valence-corrected chi connectivity index (χ3v) is 7.19. The lowest BCUT2D eigenvalue weighted by molar-refractivity contribution is -0.129. The van der Waals surface area contributed by atoms with E-state index in [1.165, 1.54) is 11.8 Å². The molecule has 1 aliphatic heterocycles. The summed E-state index contributed by atoms with van der Waals surface area (Å²) in [5.41, 5.74) is 1.40. The molecule has 1 N–H and O–H groups in total. The maximum absolute atomic E-state index is 13.4. The van der Waals surface area contributed by atoms with Gasteiger partial charge in [0.1, 0.15) is 5.25 Å². The number of likely N-dealkylation sites (tertiary alicyclic amines) is 1. The molecule has 0 aliphatic carbocycles. The Morgan fingerprint density at radius 1 is 1.11 bits per heavy atom. The van der Waals surface area contributed by atoms with Crippen molar-refractivity contribution in [1.29, 1.82) is 0 Å². The van der Waals surface area contributed by atoms with Gasteiger partial charge in [-0.05, 0) is 54.3 Å². The Hall–Kier alpha value is -3.72. The van der Waals surface area contributed by atoms with E-state index in [9.17, 15) is 9.59 Å². The van der Waals surface area contributed by atoms with Gasteiger partial charge >= 0.3 is 0 Å². The summed E-state index contributed by atoms with van der Waals surface area (Å²) in [6.45, 7) is 7.71. The molecule has 1 unspecified atom stereocenters. The van der Waals surface area contributed by atoms with Crippen LogP contribution in [0.5, 0.6) is 0 Å². The number of hydrogen-bond acceptors (Lipinski definition) is 6. The molecule has 2 aromatic heterocycles. The fourth-order valence-electron chi connectivity index (χ4n) is 4.26. The highest BCUT2D eigenvalue weighted by molar-refractivity contribution is 8.00. The number of carboxylic acid groups (broad SMARTS) is 1. The number of fused-ring (bicyclic) bond motifs is 2. The Bertz CT molecular complexity index is 1400. The Balaban J connectivity index is 0.000000711. The van der Waals surface area contributed by atoms with E-state index in [1.807, 2.05) is 74.2 Å². The number of benzene rings is 2. The first kappa shape index (κ1) is 27.9. The number of nitrogens with zero attached hydrogens (tertiary/aromatic N) is 4. The molecule has 8 nitrogen and oxygen atoms in total. The summed E-state index contributed by atoms with van der Waals surface area (Å²) >= 11 is 1.34. The average Bonchev–Trinajstić information content (AvgIpc) is 3.48. The smallest absolute Gasteiger partial charge is 0.290 e. The average molecular weight is 521 g/mol. The lowest BCUT2D eigenvalue weighted by Gasteiger charge is -2.23. The number of aromatic nitrogens is 3. The topological polar surface area (TPSA) is 105 Å². The standard InChI is InChI=1S/C25H24N4O2S.C2H6.CH2O2/c1-2-29-23(30)20-14-17-8-3-4-9-18(17)15-21(20)27-25(29)32-22(19-10-7-11-26-16-19)24(31)28-12-5-6-13-28;1-2;2-1-3/h3-4,7-11,14-16,22H,2,5-6,12-13H2,1H3;1-2H3;1H,(H,2,3). The van der Waals surface area contributed by atoms with Gasteiger partial charge in [-0.3, -0.25) is 23.9 Å². The molecule has 1 fully saturated rings. The minimum absolute atomic E-state index is 0.0519. The monoisotopic (exact) mass is 520 g/mol. The van der Waals surface area contributed by atoms with Crippen molar-refractivity contribution >= 4 is 45.8 Å². The molecule has 2 aromatic carbocycles. The van der Waals surface area contributed by atoms with Gasteiger partial charge in [0, 0.05) is 32.0 Å². The van der Waals surface area contributed by atoms with E-state index in [2.05, 4.69) is 4.98 Å². The van der Waals surface area contributed by atoms with Crippen LogP contribution in [0.25, 0.3) is 21.7 Å². The Morgan fingerprint density at radius 2 is 1.76 bits per heavy atom. The molecule has 1 amide bonds. The minimum Gasteiger partial charge on any atom is -0.483 e. The lowest BCUT2D eigenvalue weighted by Crippen LogP contribution is -2.32. The molecule has 0 bridgehead atoms. The lowest BCUT2D eigenvalue weighted by atomic mass is 10.1. The SMILES string of the molecule is CC.CCn1c(SC(C(=O)N2CCCC2)c2cccnc2)nc2cc3ccccc3cc2c1=O.O=CO. The first-order chi connectivity index (χ1) is 18.1. The van der Waals surface area contributed by atoms with Crippen LogP contribution in [0.4, 0.5) is 0 Å². The van der Waals surface area contributed by atoms with Crippen LogP contribution in [0.2, 0.25) is 0 Å². The van der Waals surface area contributed by atoms with Crippen molar-refractivity contribution < 1.29 is 14.7 Å². The van der Waals surface area contributed by atoms with Gasteiger partial charge in [-0.2, -0.15) is 0 Å². The zero-order chi connectivity index (χ0) is 26.8. The molecule has 4 aromatic rings. The Kier molecular flexibility index (Phi) is 10.2. The maximum atomic E-state index is 13.4. The molecule has 1 aliphatic rings. The highest BCUT2D eigenvalue weighted by Crippen LogP contribution is 2.36. The van der Waals surface area contributed by atoms with Crippen LogP contribution < -0.4 is 5.56 Å². The first-order valence-corrected chi connectivity index (χ1v) is 13.3. The third kappa shape index (κ3) is 6.35. The first-order valence-electron chi connectivity index (χ1n) is 12.4. The molecule has 9 heteroatoms. The van der Waals surface area contributed by atoms with Gasteiger partial charge in [0.15, 0.2) is 5.16 Å². The summed E-state index contributed by atoms with van der Waals surface area (Å²) in [4.78, 5) is 46.2. The normalized spacial score (nSPS) is 13.3. The molecule has 0 saturated carbocycles. The quantitative estimate of drug-likeness (QED) is 0.168. The number of rotatable bonds is 5. The van der Waals surface area contributed by atoms with E-state index in [1.54, 1.807) is 17.0 Å². The van der Waals surface area contributed by atoms with Crippen LogP contribution in [0.1, 0.15) is 44.4 Å². The van der Waals surface area contributed by atoms with Crippen LogP contribution >= 0.6 is 11.8 Å². The van der Waals surface area contributed by atoms with Gasteiger partial charge in [0.2, 0.25) is 5.91 Å². The molecular formula is C28H32N4O4S. The summed E-state index contributed by atoms with van der Waals surface area (Å²) in [6, 6.07) is 15.6. The van der Waals surface area contributed by atoms with Crippen LogP contribution in [-0.2, 0) is 16.1 Å². The number of pyridine rings is 1. The van der Waals surface area contributed by atoms with Crippen molar-refractivity contribution in [1.82, 2.24) is 19.4 Å². The fraction of sp³-hybridized carbons (Fsp3) is 0.321. The van der Waals surface area contributed by atoms with E-state index < -0.39 is 5.25 Å². The zero-order valence-corrected chi connectivity index (χ0v) is 22.1. The fourth-order valence-corrected chi connectivity index (χ4v) is 5.48. The van der Waals surface area contributed by atoms with E-state index in [-0.39, 0.29) is 17.9 Å². The Morgan fingerprint density at radius 3 is 2.35 bits per heavy atom. The zero-order valence-electron chi connectivity index (χ0n) is 21.3. The highest BCUT2D eigenvalue weighted by atomic mass is 32.2. The molecule has 0 radical (unpaired) electrons.